The minimum Gasteiger partial charge on any atom is -0.507 e. The fourth-order valence-corrected chi connectivity index (χ4v) is 8.62. The first-order chi connectivity index (χ1) is 20.9. The monoisotopic (exact) mass is 604 g/mol. The molecular formula is C32H32N2O10. The summed E-state index contributed by atoms with van der Waals surface area (Å²) in [6, 6.07) is 6.01. The average molecular weight is 605 g/mol. The normalized spacial score (nSPS) is 37.0. The van der Waals surface area contributed by atoms with Gasteiger partial charge in [-0.1, -0.05) is 0 Å². The van der Waals surface area contributed by atoms with Crippen LogP contribution in [0.25, 0.3) is 10.8 Å². The van der Waals surface area contributed by atoms with E-state index in [9.17, 15) is 40.2 Å². The standard InChI is InChI=1S/C32H32N2O10/c1-13-6-17-21(19(36)7-13)25(38)23-20-8-16-15(22(23)24(17)37)3-5-33-29(16)34-11-30(42)4-2-18-14(9-30)10-32(43-20)28(41)26(39)27(40)31(18,12-35)44-32/h3,5-8,14,18,26-28,35-36,39-42H,2,4,9-12H2,1H3,(H,33,34). The highest BCUT2D eigenvalue weighted by Gasteiger charge is 2.70. The van der Waals surface area contributed by atoms with Crippen molar-refractivity contribution in [2.45, 2.75) is 67.9 Å². The maximum Gasteiger partial charge on any atom is 0.240 e. The van der Waals surface area contributed by atoms with E-state index in [1.54, 1.807) is 13.0 Å². The summed E-state index contributed by atoms with van der Waals surface area (Å²) in [5.74, 6) is -4.44. The number of phenols is 1. The van der Waals surface area contributed by atoms with Gasteiger partial charge in [-0.2, -0.15) is 0 Å². The molecular weight excluding hydrogens is 572 g/mol. The number of phenolic OH excluding ortho intramolecular Hbond substituents is 1. The summed E-state index contributed by atoms with van der Waals surface area (Å²) in [4.78, 5) is 32.9. The van der Waals surface area contributed by atoms with Crippen molar-refractivity contribution in [2.75, 3.05) is 18.5 Å². The van der Waals surface area contributed by atoms with Gasteiger partial charge in [0.05, 0.1) is 23.3 Å². The van der Waals surface area contributed by atoms with Gasteiger partial charge < -0.3 is 45.4 Å². The number of nitrogens with one attached hydrogen (secondary N) is 1. The van der Waals surface area contributed by atoms with Gasteiger partial charge in [-0.25, -0.2) is 4.98 Å². The molecule has 0 amide bonds. The van der Waals surface area contributed by atoms with Gasteiger partial charge in [0.2, 0.25) is 11.6 Å². The van der Waals surface area contributed by atoms with Crippen LogP contribution in [0.15, 0.2) is 30.5 Å². The number of pyridine rings is 1. The van der Waals surface area contributed by atoms with Gasteiger partial charge in [0.15, 0.2) is 5.78 Å². The molecule has 1 aromatic heterocycles. The third-order valence-electron chi connectivity index (χ3n) is 10.6. The number of hydrogen-bond donors (Lipinski definition) is 7. The molecule has 2 aliphatic carbocycles. The number of carbonyl (C=O) groups excluding carboxylic acids is 2. The fourth-order valence-electron chi connectivity index (χ4n) is 8.62. The molecule has 12 heteroatoms. The molecule has 44 heavy (non-hydrogen) atoms. The molecule has 0 radical (unpaired) electrons. The van der Waals surface area contributed by atoms with E-state index in [2.05, 4.69) is 10.3 Å². The molecule has 8 rings (SSSR count). The van der Waals surface area contributed by atoms with E-state index in [0.717, 1.165) is 0 Å². The van der Waals surface area contributed by atoms with Crippen molar-refractivity contribution in [3.63, 3.8) is 0 Å². The van der Waals surface area contributed by atoms with Gasteiger partial charge >= 0.3 is 0 Å². The topological polar surface area (TPSA) is 199 Å². The van der Waals surface area contributed by atoms with Gasteiger partial charge in [0, 0.05) is 35.7 Å². The lowest BCUT2D eigenvalue weighted by molar-refractivity contribution is -0.416. The van der Waals surface area contributed by atoms with Crippen molar-refractivity contribution < 1.29 is 49.7 Å². The first-order valence-corrected chi connectivity index (χ1v) is 14.8. The first kappa shape index (κ1) is 27.9. The molecule has 1 saturated carbocycles. The van der Waals surface area contributed by atoms with Gasteiger partial charge in [-0.05, 0) is 73.2 Å². The largest absolute Gasteiger partial charge is 0.507 e. The minimum absolute atomic E-state index is 0.00538. The number of rotatable bonds is 1. The van der Waals surface area contributed by atoms with Crippen LogP contribution in [-0.2, 0) is 4.74 Å². The second kappa shape index (κ2) is 8.96. The predicted molar refractivity (Wildman–Crippen MR) is 153 cm³/mol. The molecule has 8 unspecified atom stereocenters. The third kappa shape index (κ3) is 3.46. The van der Waals surface area contributed by atoms with Crippen LogP contribution in [0.3, 0.4) is 0 Å². The zero-order valence-electron chi connectivity index (χ0n) is 23.8. The third-order valence-corrected chi connectivity index (χ3v) is 10.6. The second-order valence-corrected chi connectivity index (χ2v) is 13.1. The van der Waals surface area contributed by atoms with Gasteiger partial charge in [-0.3, -0.25) is 9.59 Å². The molecule has 3 aliphatic heterocycles. The molecule has 2 aromatic carbocycles. The van der Waals surface area contributed by atoms with Crippen LogP contribution < -0.4 is 10.1 Å². The molecule has 2 saturated heterocycles. The van der Waals surface area contributed by atoms with E-state index in [4.69, 9.17) is 9.47 Å². The van der Waals surface area contributed by atoms with Crippen molar-refractivity contribution in [3.05, 3.63) is 58.3 Å². The zero-order chi connectivity index (χ0) is 30.9. The van der Waals surface area contributed by atoms with Gasteiger partial charge in [0.25, 0.3) is 0 Å². The van der Waals surface area contributed by atoms with E-state index in [-0.39, 0.29) is 53.1 Å². The lowest BCUT2D eigenvalue weighted by Crippen LogP contribution is -2.79. The lowest BCUT2D eigenvalue weighted by atomic mass is 9.57. The Hall–Kier alpha value is -3.65. The molecule has 230 valence electrons. The Balaban J connectivity index is 1.43. The number of β-amino-alcohol motifs (C(OH)–C–C–N with tert-alkyl or cyclic N) is 1. The number of hydrogen-bond acceptors (Lipinski definition) is 12. The highest BCUT2D eigenvalue weighted by molar-refractivity contribution is 6.34. The Morgan fingerprint density at radius 2 is 1.82 bits per heavy atom. The molecule has 3 aromatic rings. The Kier molecular flexibility index (Phi) is 5.68. The van der Waals surface area contributed by atoms with Crippen LogP contribution in [0.5, 0.6) is 11.5 Å². The summed E-state index contributed by atoms with van der Waals surface area (Å²) in [6.45, 7) is 1.08. The number of ether oxygens (including phenoxy) is 2. The van der Waals surface area contributed by atoms with E-state index in [0.29, 0.717) is 35.0 Å². The average Bonchev–Trinajstić information content (AvgIpc) is 2.99. The summed E-state index contributed by atoms with van der Waals surface area (Å²) in [6.07, 6.45) is -3.02. The SMILES string of the molecule is Cc1cc(O)c2c(c1)C(=O)c1c(c3cc4c(nccc14)NCC1(O)CCC4C(C1)CC1(O3)OC4(CO)C(O)C(O)C1O)C2=O. The van der Waals surface area contributed by atoms with Crippen LogP contribution in [-0.4, -0.2) is 95.6 Å². The van der Waals surface area contributed by atoms with Crippen LogP contribution in [0.4, 0.5) is 5.82 Å². The first-order valence-electron chi connectivity index (χ1n) is 14.8. The number of nitrogens with zero attached hydrogens (tertiary/aromatic N) is 1. The van der Waals surface area contributed by atoms with Crippen LogP contribution in [0.1, 0.15) is 63.1 Å². The smallest absolute Gasteiger partial charge is 0.240 e. The number of aromatic hydroxyl groups is 1. The Bertz CT molecular complexity index is 1790. The highest BCUT2D eigenvalue weighted by Crippen LogP contribution is 2.58. The predicted octanol–water partition coefficient (Wildman–Crippen LogP) is 0.920. The Morgan fingerprint density at radius 1 is 1.02 bits per heavy atom. The Morgan fingerprint density at radius 3 is 2.59 bits per heavy atom. The molecule has 12 nitrogen and oxygen atoms in total. The molecule has 5 aliphatic rings. The molecule has 8 atom stereocenters. The molecule has 4 heterocycles. The quantitative estimate of drug-likeness (QED) is 0.162. The van der Waals surface area contributed by atoms with Crippen LogP contribution in [0, 0.1) is 18.8 Å². The zero-order valence-corrected chi connectivity index (χ0v) is 23.8. The molecule has 1 spiro atoms. The number of benzene rings is 2. The maximum absolute atomic E-state index is 14.2. The summed E-state index contributed by atoms with van der Waals surface area (Å²) in [5.41, 5.74) is -2.71. The number of ketones is 2. The summed E-state index contributed by atoms with van der Waals surface area (Å²) < 4.78 is 12.9. The van der Waals surface area contributed by atoms with E-state index >= 15 is 0 Å². The van der Waals surface area contributed by atoms with Crippen LogP contribution >= 0.6 is 0 Å². The van der Waals surface area contributed by atoms with E-state index in [1.807, 2.05) is 0 Å². The number of aryl methyl sites for hydroxylation is 1. The van der Waals surface area contributed by atoms with Crippen molar-refractivity contribution in [1.29, 1.82) is 0 Å². The van der Waals surface area contributed by atoms with Gasteiger partial charge in [0.1, 0.15) is 41.2 Å². The van der Waals surface area contributed by atoms with E-state index in [1.165, 1.54) is 24.4 Å². The molecule has 6 bridgehead atoms. The van der Waals surface area contributed by atoms with Crippen molar-refractivity contribution in [2.24, 2.45) is 11.8 Å². The number of aliphatic hydroxyl groups excluding tert-OH is 4. The number of anilines is 1. The van der Waals surface area contributed by atoms with Gasteiger partial charge in [-0.15, -0.1) is 0 Å². The highest BCUT2D eigenvalue weighted by atomic mass is 16.7. The number of aromatic nitrogens is 1. The summed E-state index contributed by atoms with van der Waals surface area (Å²) in [7, 11) is 0. The minimum atomic E-state index is -2.09. The molecule has 3 fully saturated rings. The van der Waals surface area contributed by atoms with Crippen molar-refractivity contribution in [3.8, 4) is 11.5 Å². The summed E-state index contributed by atoms with van der Waals surface area (Å²) in [5, 5.41) is 71.2. The van der Waals surface area contributed by atoms with Crippen molar-refractivity contribution >= 4 is 28.2 Å². The lowest BCUT2D eigenvalue weighted by Gasteiger charge is -2.63. The second-order valence-electron chi connectivity index (χ2n) is 13.1. The number of aliphatic hydroxyl groups is 5. The summed E-state index contributed by atoms with van der Waals surface area (Å²) >= 11 is 0. The fraction of sp³-hybridized carbons (Fsp3) is 0.469. The van der Waals surface area contributed by atoms with Crippen molar-refractivity contribution in [1.82, 2.24) is 4.98 Å². The van der Waals surface area contributed by atoms with Crippen LogP contribution in [0.2, 0.25) is 0 Å². The Labute approximate surface area is 250 Å². The number of fused-ring (bicyclic) bond motifs is 8. The number of carbonyl (C=O) groups is 2. The molecule has 7 N–H and O–H groups in total. The van der Waals surface area contributed by atoms with E-state index < -0.39 is 65.3 Å². The maximum atomic E-state index is 14.2.